The van der Waals surface area contributed by atoms with E-state index in [-0.39, 0.29) is 5.91 Å². The second-order valence-corrected chi connectivity index (χ2v) is 4.17. The van der Waals surface area contributed by atoms with Gasteiger partial charge in [0.2, 0.25) is 0 Å². The molecule has 1 heterocycles. The Morgan fingerprint density at radius 2 is 2.00 bits per heavy atom. The van der Waals surface area contributed by atoms with Crippen molar-refractivity contribution in [2.45, 2.75) is 13.5 Å². The second-order valence-electron chi connectivity index (χ2n) is 4.17. The van der Waals surface area contributed by atoms with E-state index in [2.05, 4.69) is 22.5 Å². The van der Waals surface area contributed by atoms with Gasteiger partial charge in [0.05, 0.1) is 0 Å². The van der Waals surface area contributed by atoms with Crippen LogP contribution >= 0.6 is 0 Å². The van der Waals surface area contributed by atoms with Crippen LogP contribution in [-0.2, 0) is 6.54 Å². The number of benzene rings is 1. The first-order valence-electron chi connectivity index (χ1n) is 6.30. The number of hydrogen-bond donors (Lipinski definition) is 2. The second kappa shape index (κ2) is 6.66. The van der Waals surface area contributed by atoms with Crippen LogP contribution in [0.3, 0.4) is 0 Å². The van der Waals surface area contributed by atoms with Crippen LogP contribution in [0, 0.1) is 0 Å². The first kappa shape index (κ1) is 13.2. The van der Waals surface area contributed by atoms with E-state index in [1.54, 1.807) is 24.5 Å². The summed E-state index contributed by atoms with van der Waals surface area (Å²) in [6.07, 6.45) is 3.22. The van der Waals surface area contributed by atoms with Crippen LogP contribution in [0.1, 0.15) is 22.8 Å². The van der Waals surface area contributed by atoms with E-state index in [1.807, 2.05) is 24.3 Å². The van der Waals surface area contributed by atoms with Gasteiger partial charge in [-0.3, -0.25) is 9.78 Å². The highest BCUT2D eigenvalue weighted by Crippen LogP contribution is 2.12. The third-order valence-electron chi connectivity index (χ3n) is 2.71. The Morgan fingerprint density at radius 1 is 1.21 bits per heavy atom. The minimum absolute atomic E-state index is 0.122. The Hall–Kier alpha value is -2.20. The number of nitrogens with zero attached hydrogens (tertiary/aromatic N) is 1. The summed E-state index contributed by atoms with van der Waals surface area (Å²) < 4.78 is 0. The predicted octanol–water partition coefficient (Wildman–Crippen LogP) is 2.44. The Kier molecular flexibility index (Phi) is 4.64. The van der Waals surface area contributed by atoms with Gasteiger partial charge < -0.3 is 10.6 Å². The summed E-state index contributed by atoms with van der Waals surface area (Å²) >= 11 is 0. The van der Waals surface area contributed by atoms with Crippen LogP contribution in [-0.4, -0.2) is 17.4 Å². The van der Waals surface area contributed by atoms with Gasteiger partial charge >= 0.3 is 0 Å². The average Bonchev–Trinajstić information content (AvgIpc) is 2.46. The lowest BCUT2D eigenvalue weighted by molar-refractivity contribution is 0.102. The highest BCUT2D eigenvalue weighted by molar-refractivity contribution is 6.04. The largest absolute Gasteiger partial charge is 0.322 e. The molecule has 0 atom stereocenters. The van der Waals surface area contributed by atoms with Crippen LogP contribution in [0.2, 0.25) is 0 Å². The molecule has 4 heteroatoms. The van der Waals surface area contributed by atoms with Crippen LogP contribution in [0.5, 0.6) is 0 Å². The topological polar surface area (TPSA) is 54.0 Å². The van der Waals surface area contributed by atoms with Crippen molar-refractivity contribution >= 4 is 11.6 Å². The minimum Gasteiger partial charge on any atom is -0.322 e. The maximum atomic E-state index is 12.0. The van der Waals surface area contributed by atoms with Crippen molar-refractivity contribution in [2.24, 2.45) is 0 Å². The molecular weight excluding hydrogens is 238 g/mol. The molecular formula is C15H17N3O. The zero-order chi connectivity index (χ0) is 13.5. The summed E-state index contributed by atoms with van der Waals surface area (Å²) in [6, 6.07) is 11.2. The molecule has 0 aliphatic heterocycles. The maximum absolute atomic E-state index is 12.0. The number of carbonyl (C=O) groups excluding carboxylic acids is 1. The van der Waals surface area contributed by atoms with E-state index >= 15 is 0 Å². The zero-order valence-electron chi connectivity index (χ0n) is 10.9. The van der Waals surface area contributed by atoms with Crippen molar-refractivity contribution < 1.29 is 4.79 Å². The lowest BCUT2D eigenvalue weighted by atomic mass is 10.2. The summed E-state index contributed by atoms with van der Waals surface area (Å²) in [5, 5.41) is 6.14. The van der Waals surface area contributed by atoms with Gasteiger partial charge in [-0.25, -0.2) is 0 Å². The van der Waals surface area contributed by atoms with Gasteiger partial charge in [-0.1, -0.05) is 19.1 Å². The standard InChI is InChI=1S/C15H17N3O/c1-2-16-11-12-4-3-5-14(10-12)18-15(19)13-6-8-17-9-7-13/h3-10,16H,2,11H2,1H3,(H,18,19). The Bertz CT molecular complexity index is 540. The van der Waals surface area contributed by atoms with Gasteiger partial charge in [0.1, 0.15) is 0 Å². The quantitative estimate of drug-likeness (QED) is 0.862. The molecule has 19 heavy (non-hydrogen) atoms. The predicted molar refractivity (Wildman–Crippen MR) is 76.0 cm³/mol. The monoisotopic (exact) mass is 255 g/mol. The van der Waals surface area contributed by atoms with Crippen molar-refractivity contribution in [3.05, 3.63) is 59.9 Å². The summed E-state index contributed by atoms with van der Waals surface area (Å²) in [5.74, 6) is -0.122. The molecule has 1 amide bonds. The molecule has 0 aliphatic rings. The smallest absolute Gasteiger partial charge is 0.255 e. The van der Waals surface area contributed by atoms with Gasteiger partial charge in [-0.05, 0) is 36.4 Å². The van der Waals surface area contributed by atoms with E-state index in [9.17, 15) is 4.79 Å². The van der Waals surface area contributed by atoms with E-state index < -0.39 is 0 Å². The first-order chi connectivity index (χ1) is 9.29. The Morgan fingerprint density at radius 3 is 2.74 bits per heavy atom. The number of hydrogen-bond acceptors (Lipinski definition) is 3. The van der Waals surface area contributed by atoms with Crippen molar-refractivity contribution in [2.75, 3.05) is 11.9 Å². The van der Waals surface area contributed by atoms with Crippen molar-refractivity contribution in [3.63, 3.8) is 0 Å². The summed E-state index contributed by atoms with van der Waals surface area (Å²) in [4.78, 5) is 15.9. The molecule has 4 nitrogen and oxygen atoms in total. The number of anilines is 1. The number of nitrogens with one attached hydrogen (secondary N) is 2. The summed E-state index contributed by atoms with van der Waals surface area (Å²) in [7, 11) is 0. The fourth-order valence-electron chi connectivity index (χ4n) is 1.73. The molecule has 2 rings (SSSR count). The third kappa shape index (κ3) is 3.89. The SMILES string of the molecule is CCNCc1cccc(NC(=O)c2ccncc2)c1. The highest BCUT2D eigenvalue weighted by atomic mass is 16.1. The average molecular weight is 255 g/mol. The fraction of sp³-hybridized carbons (Fsp3) is 0.200. The molecule has 2 aromatic rings. The zero-order valence-corrected chi connectivity index (χ0v) is 10.9. The molecule has 0 spiro atoms. The number of carbonyl (C=O) groups is 1. The van der Waals surface area contributed by atoms with E-state index in [0.29, 0.717) is 5.56 Å². The van der Waals surface area contributed by atoms with Crippen LogP contribution in [0.15, 0.2) is 48.8 Å². The molecule has 0 aliphatic carbocycles. The summed E-state index contributed by atoms with van der Waals surface area (Å²) in [6.45, 7) is 3.79. The lowest BCUT2D eigenvalue weighted by Gasteiger charge is -2.07. The Labute approximate surface area is 112 Å². The highest BCUT2D eigenvalue weighted by Gasteiger charge is 2.05. The minimum atomic E-state index is -0.122. The van der Waals surface area contributed by atoms with Crippen LogP contribution in [0.25, 0.3) is 0 Å². The number of rotatable bonds is 5. The molecule has 0 saturated heterocycles. The lowest BCUT2D eigenvalue weighted by Crippen LogP contribution is -2.14. The number of amides is 1. The van der Waals surface area contributed by atoms with Crippen molar-refractivity contribution in [1.29, 1.82) is 0 Å². The molecule has 0 unspecified atom stereocenters. The molecule has 0 saturated carbocycles. The van der Waals surface area contributed by atoms with Crippen LogP contribution in [0.4, 0.5) is 5.69 Å². The Balaban J connectivity index is 2.05. The third-order valence-corrected chi connectivity index (χ3v) is 2.71. The first-order valence-corrected chi connectivity index (χ1v) is 6.30. The number of aromatic nitrogens is 1. The molecule has 0 bridgehead atoms. The maximum Gasteiger partial charge on any atom is 0.255 e. The van der Waals surface area contributed by atoms with Gasteiger partial charge in [-0.2, -0.15) is 0 Å². The normalized spacial score (nSPS) is 10.2. The van der Waals surface area contributed by atoms with E-state index in [4.69, 9.17) is 0 Å². The molecule has 1 aromatic carbocycles. The van der Waals surface area contributed by atoms with Crippen molar-refractivity contribution in [3.8, 4) is 0 Å². The van der Waals surface area contributed by atoms with Crippen LogP contribution < -0.4 is 10.6 Å². The summed E-state index contributed by atoms with van der Waals surface area (Å²) in [5.41, 5.74) is 2.55. The molecule has 0 fully saturated rings. The van der Waals surface area contributed by atoms with Gasteiger partial charge in [0, 0.05) is 30.2 Å². The van der Waals surface area contributed by atoms with E-state index in [1.165, 1.54) is 0 Å². The van der Waals surface area contributed by atoms with Crippen molar-refractivity contribution in [1.82, 2.24) is 10.3 Å². The molecule has 0 radical (unpaired) electrons. The molecule has 1 aromatic heterocycles. The molecule has 98 valence electrons. The van der Waals surface area contributed by atoms with Gasteiger partial charge in [0.15, 0.2) is 0 Å². The fourth-order valence-corrected chi connectivity index (χ4v) is 1.73. The van der Waals surface area contributed by atoms with Gasteiger partial charge in [0.25, 0.3) is 5.91 Å². The van der Waals surface area contributed by atoms with Gasteiger partial charge in [-0.15, -0.1) is 0 Å². The number of pyridine rings is 1. The van der Waals surface area contributed by atoms with E-state index in [0.717, 1.165) is 24.3 Å². The molecule has 2 N–H and O–H groups in total.